The highest BCUT2D eigenvalue weighted by atomic mass is 79.9. The first-order chi connectivity index (χ1) is 8.50. The van der Waals surface area contributed by atoms with Crippen LogP contribution in [-0.4, -0.2) is 35.2 Å². The lowest BCUT2D eigenvalue weighted by Gasteiger charge is -2.38. The smallest absolute Gasteiger partial charge is 0.124 e. The maximum absolute atomic E-state index is 13.3. The summed E-state index contributed by atoms with van der Waals surface area (Å²) in [7, 11) is 0. The summed E-state index contributed by atoms with van der Waals surface area (Å²) in [5.74, 6) is -0.256. The van der Waals surface area contributed by atoms with Crippen LogP contribution in [0.2, 0.25) is 0 Å². The van der Waals surface area contributed by atoms with Gasteiger partial charge in [-0.1, -0.05) is 22.9 Å². The fourth-order valence-corrected chi connectivity index (χ4v) is 3.07. The number of likely N-dealkylation sites (tertiary alicyclic amines) is 1. The summed E-state index contributed by atoms with van der Waals surface area (Å²) in [6, 6.07) is 4.83. The molecule has 1 aromatic carbocycles. The molecule has 2 nitrogen and oxygen atoms in total. The van der Waals surface area contributed by atoms with Gasteiger partial charge in [-0.05, 0) is 43.1 Å². The predicted molar refractivity (Wildman–Crippen MR) is 74.1 cm³/mol. The Balaban J connectivity index is 2.04. The van der Waals surface area contributed by atoms with Gasteiger partial charge in [0.25, 0.3) is 0 Å². The summed E-state index contributed by atoms with van der Waals surface area (Å²) in [6.45, 7) is 5.00. The number of benzene rings is 1. The van der Waals surface area contributed by atoms with Gasteiger partial charge < -0.3 is 10.0 Å². The molecule has 0 spiro atoms. The third-order valence-corrected chi connectivity index (χ3v) is 4.15. The molecule has 18 heavy (non-hydrogen) atoms. The first-order valence-electron chi connectivity index (χ1n) is 6.40. The Morgan fingerprint density at radius 1 is 1.33 bits per heavy atom. The SMILES string of the molecule is CCN1CCC(O)(Cc2cc(F)cc(Br)c2)CC1. The molecular weight excluding hydrogens is 297 g/mol. The molecule has 0 unspecified atom stereocenters. The Labute approximate surface area is 116 Å². The van der Waals surface area contributed by atoms with Gasteiger partial charge in [-0.3, -0.25) is 0 Å². The molecule has 1 N–H and O–H groups in total. The van der Waals surface area contributed by atoms with Crippen molar-refractivity contribution in [1.29, 1.82) is 0 Å². The Morgan fingerprint density at radius 2 is 2.00 bits per heavy atom. The van der Waals surface area contributed by atoms with Crippen LogP contribution in [0.4, 0.5) is 4.39 Å². The van der Waals surface area contributed by atoms with Gasteiger partial charge in [0.15, 0.2) is 0 Å². The summed E-state index contributed by atoms with van der Waals surface area (Å²) >= 11 is 3.29. The predicted octanol–water partition coefficient (Wildman–Crippen LogP) is 2.98. The van der Waals surface area contributed by atoms with E-state index >= 15 is 0 Å². The standard InChI is InChI=1S/C14H19BrFNO/c1-2-17-5-3-14(18,4-6-17)10-11-7-12(15)9-13(16)8-11/h7-9,18H,2-6,10H2,1H3. The number of hydrogen-bond acceptors (Lipinski definition) is 2. The third-order valence-electron chi connectivity index (χ3n) is 3.69. The van der Waals surface area contributed by atoms with Crippen LogP contribution in [0, 0.1) is 5.82 Å². The first kappa shape index (κ1) is 14.0. The summed E-state index contributed by atoms with van der Waals surface area (Å²) in [4.78, 5) is 2.33. The van der Waals surface area contributed by atoms with E-state index in [9.17, 15) is 9.50 Å². The van der Waals surface area contributed by atoms with Gasteiger partial charge in [0.05, 0.1) is 5.60 Å². The molecule has 1 heterocycles. The number of hydrogen-bond donors (Lipinski definition) is 1. The molecule has 0 aromatic heterocycles. The number of nitrogens with zero attached hydrogens (tertiary/aromatic N) is 1. The van der Waals surface area contributed by atoms with Gasteiger partial charge in [0.2, 0.25) is 0 Å². The van der Waals surface area contributed by atoms with E-state index in [2.05, 4.69) is 27.8 Å². The van der Waals surface area contributed by atoms with Crippen LogP contribution >= 0.6 is 15.9 Å². The molecule has 0 bridgehead atoms. The van der Waals surface area contributed by atoms with Crippen molar-refractivity contribution >= 4 is 15.9 Å². The van der Waals surface area contributed by atoms with Gasteiger partial charge in [0, 0.05) is 24.0 Å². The van der Waals surface area contributed by atoms with E-state index in [4.69, 9.17) is 0 Å². The number of halogens is 2. The third kappa shape index (κ3) is 3.53. The van der Waals surface area contributed by atoms with Crippen LogP contribution in [0.1, 0.15) is 25.3 Å². The zero-order chi connectivity index (χ0) is 13.2. The van der Waals surface area contributed by atoms with Crippen molar-refractivity contribution in [3.63, 3.8) is 0 Å². The molecule has 100 valence electrons. The van der Waals surface area contributed by atoms with Crippen molar-refractivity contribution in [3.8, 4) is 0 Å². The van der Waals surface area contributed by atoms with Crippen molar-refractivity contribution in [2.75, 3.05) is 19.6 Å². The van der Waals surface area contributed by atoms with Crippen molar-refractivity contribution in [2.45, 2.75) is 31.8 Å². The zero-order valence-corrected chi connectivity index (χ0v) is 12.2. The molecule has 1 saturated heterocycles. The van der Waals surface area contributed by atoms with Crippen molar-refractivity contribution in [3.05, 3.63) is 34.1 Å². The van der Waals surface area contributed by atoms with E-state index in [1.165, 1.54) is 12.1 Å². The Kier molecular flexibility index (Phi) is 4.41. The highest BCUT2D eigenvalue weighted by Gasteiger charge is 2.31. The number of piperidine rings is 1. The van der Waals surface area contributed by atoms with Crippen LogP contribution in [0.15, 0.2) is 22.7 Å². The van der Waals surface area contributed by atoms with Gasteiger partial charge >= 0.3 is 0 Å². The molecule has 0 aliphatic carbocycles. The van der Waals surface area contributed by atoms with Gasteiger partial charge in [0.1, 0.15) is 5.82 Å². The van der Waals surface area contributed by atoms with Crippen molar-refractivity contribution in [1.82, 2.24) is 4.90 Å². The minimum absolute atomic E-state index is 0.256. The van der Waals surface area contributed by atoms with Crippen LogP contribution in [0.5, 0.6) is 0 Å². The quantitative estimate of drug-likeness (QED) is 0.927. The van der Waals surface area contributed by atoms with Crippen LogP contribution < -0.4 is 0 Å². The number of aliphatic hydroxyl groups is 1. The molecular formula is C14H19BrFNO. The van der Waals surface area contributed by atoms with Crippen LogP contribution in [0.3, 0.4) is 0 Å². The lowest BCUT2D eigenvalue weighted by Crippen LogP contribution is -2.45. The molecule has 1 aromatic rings. The average molecular weight is 316 g/mol. The Morgan fingerprint density at radius 3 is 2.56 bits per heavy atom. The Bertz CT molecular complexity index is 396. The largest absolute Gasteiger partial charge is 0.389 e. The molecule has 0 radical (unpaired) electrons. The summed E-state index contributed by atoms with van der Waals surface area (Å²) in [5, 5.41) is 10.6. The summed E-state index contributed by atoms with van der Waals surface area (Å²) < 4.78 is 14.0. The van der Waals surface area contributed by atoms with Crippen molar-refractivity contribution in [2.24, 2.45) is 0 Å². The fraction of sp³-hybridized carbons (Fsp3) is 0.571. The highest BCUT2D eigenvalue weighted by molar-refractivity contribution is 9.10. The molecule has 1 fully saturated rings. The zero-order valence-electron chi connectivity index (χ0n) is 10.6. The van der Waals surface area contributed by atoms with E-state index in [1.54, 1.807) is 0 Å². The lowest BCUT2D eigenvalue weighted by atomic mass is 9.85. The van der Waals surface area contributed by atoms with Gasteiger partial charge in [-0.25, -0.2) is 4.39 Å². The van der Waals surface area contributed by atoms with Crippen LogP contribution in [-0.2, 0) is 6.42 Å². The van der Waals surface area contributed by atoms with E-state index in [1.807, 2.05) is 6.07 Å². The second kappa shape index (κ2) is 5.68. The first-order valence-corrected chi connectivity index (χ1v) is 7.20. The second-order valence-corrected chi connectivity index (χ2v) is 6.03. The minimum atomic E-state index is -0.682. The average Bonchev–Trinajstić information content (AvgIpc) is 2.28. The van der Waals surface area contributed by atoms with E-state index in [0.717, 1.165) is 42.5 Å². The van der Waals surface area contributed by atoms with Gasteiger partial charge in [-0.15, -0.1) is 0 Å². The lowest BCUT2D eigenvalue weighted by molar-refractivity contribution is -0.0194. The van der Waals surface area contributed by atoms with E-state index in [-0.39, 0.29) is 5.82 Å². The molecule has 0 atom stereocenters. The summed E-state index contributed by atoms with van der Waals surface area (Å²) in [6.07, 6.45) is 2.05. The Hall–Kier alpha value is -0.450. The van der Waals surface area contributed by atoms with Crippen LogP contribution in [0.25, 0.3) is 0 Å². The van der Waals surface area contributed by atoms with Crippen molar-refractivity contribution < 1.29 is 9.50 Å². The highest BCUT2D eigenvalue weighted by Crippen LogP contribution is 2.27. The molecule has 1 aliphatic heterocycles. The molecule has 1 aliphatic rings. The maximum atomic E-state index is 13.3. The minimum Gasteiger partial charge on any atom is -0.389 e. The van der Waals surface area contributed by atoms with Gasteiger partial charge in [-0.2, -0.15) is 0 Å². The number of rotatable bonds is 3. The summed E-state index contributed by atoms with van der Waals surface area (Å²) in [5.41, 5.74) is 0.174. The fourth-order valence-electron chi connectivity index (χ4n) is 2.56. The monoisotopic (exact) mass is 315 g/mol. The second-order valence-electron chi connectivity index (χ2n) is 5.11. The molecule has 0 saturated carbocycles. The topological polar surface area (TPSA) is 23.5 Å². The normalized spacial score (nSPS) is 20.0. The van der Waals surface area contributed by atoms with E-state index in [0.29, 0.717) is 6.42 Å². The molecule has 2 rings (SSSR count). The molecule has 0 amide bonds. The van der Waals surface area contributed by atoms with E-state index < -0.39 is 5.60 Å². The maximum Gasteiger partial charge on any atom is 0.124 e. The molecule has 4 heteroatoms.